The van der Waals surface area contributed by atoms with Crippen LogP contribution in [0.2, 0.25) is 0 Å². The molecular formula is C11H15N3. The molecule has 2 unspecified atom stereocenters. The summed E-state index contributed by atoms with van der Waals surface area (Å²) in [6, 6.07) is 0. The Kier molecular flexibility index (Phi) is 2.04. The Morgan fingerprint density at radius 2 is 2.29 bits per heavy atom. The van der Waals surface area contributed by atoms with E-state index in [1.165, 1.54) is 5.56 Å². The van der Waals surface area contributed by atoms with Gasteiger partial charge in [0.1, 0.15) is 0 Å². The molecule has 1 aromatic rings. The minimum Gasteiger partial charge on any atom is -0.319 e. The third-order valence-corrected chi connectivity index (χ3v) is 2.54. The number of nitrogens with one attached hydrogen (secondary N) is 1. The van der Waals surface area contributed by atoms with E-state index in [4.69, 9.17) is 5.73 Å². The molecule has 0 amide bonds. The van der Waals surface area contributed by atoms with Crippen molar-refractivity contribution in [3.8, 4) is 0 Å². The lowest BCUT2D eigenvalue weighted by molar-refractivity contribution is 0.727. The number of nitrogens with zero attached hydrogens (tertiary/aromatic N) is 1. The monoisotopic (exact) mass is 189 g/mol. The molecule has 3 heteroatoms. The number of rotatable bonds is 0. The number of allylic oxidation sites excluding steroid dienone is 1. The third kappa shape index (κ3) is 1.63. The summed E-state index contributed by atoms with van der Waals surface area (Å²) in [5, 5.41) is 7.00. The Bertz CT molecular complexity index is 385. The van der Waals surface area contributed by atoms with Gasteiger partial charge >= 0.3 is 0 Å². The summed E-state index contributed by atoms with van der Waals surface area (Å²) in [6.45, 7) is 4.12. The Morgan fingerprint density at radius 3 is 3.07 bits per heavy atom. The van der Waals surface area contributed by atoms with Crippen LogP contribution in [0.1, 0.15) is 31.0 Å². The van der Waals surface area contributed by atoms with Gasteiger partial charge in [0.15, 0.2) is 0 Å². The quantitative estimate of drug-likeness (QED) is 0.611. The topological polar surface area (TPSA) is 54.7 Å². The molecule has 0 spiro atoms. The Hall–Kier alpha value is -1.35. The van der Waals surface area contributed by atoms with E-state index < -0.39 is 0 Å². The zero-order valence-corrected chi connectivity index (χ0v) is 8.49. The van der Waals surface area contributed by atoms with E-state index in [-0.39, 0.29) is 5.54 Å². The minimum atomic E-state index is -0.364. The van der Waals surface area contributed by atoms with E-state index >= 15 is 0 Å². The van der Waals surface area contributed by atoms with Crippen molar-refractivity contribution in [2.75, 3.05) is 0 Å². The number of nitrogens with two attached hydrogens (primary N) is 1. The summed E-state index contributed by atoms with van der Waals surface area (Å²) >= 11 is 0. The van der Waals surface area contributed by atoms with Gasteiger partial charge in [-0.2, -0.15) is 5.10 Å². The number of fused-ring (bicyclic) bond motifs is 1. The maximum absolute atomic E-state index is 6.03. The molecule has 0 bridgehead atoms. The number of aromatic amines is 1. The van der Waals surface area contributed by atoms with Crippen molar-refractivity contribution in [3.05, 3.63) is 35.7 Å². The van der Waals surface area contributed by atoms with Crippen LogP contribution in [0, 0.1) is 0 Å². The average Bonchev–Trinajstić information content (AvgIpc) is 2.57. The molecule has 0 aliphatic heterocycles. The smallest absolute Gasteiger partial charge is 0.0613 e. The van der Waals surface area contributed by atoms with E-state index in [1.54, 1.807) is 0 Å². The van der Waals surface area contributed by atoms with Gasteiger partial charge in [0.2, 0.25) is 0 Å². The van der Waals surface area contributed by atoms with E-state index in [9.17, 15) is 0 Å². The largest absolute Gasteiger partial charge is 0.319 e. The van der Waals surface area contributed by atoms with Crippen molar-refractivity contribution in [3.63, 3.8) is 0 Å². The van der Waals surface area contributed by atoms with Crippen LogP contribution in [0.3, 0.4) is 0 Å². The van der Waals surface area contributed by atoms with Crippen LogP contribution < -0.4 is 5.73 Å². The highest BCUT2D eigenvalue weighted by molar-refractivity contribution is 5.54. The normalized spacial score (nSPS) is 35.5. The lowest BCUT2D eigenvalue weighted by Crippen LogP contribution is -2.31. The maximum atomic E-state index is 6.03. The molecule has 74 valence electrons. The third-order valence-electron chi connectivity index (χ3n) is 2.54. The fourth-order valence-corrected chi connectivity index (χ4v) is 1.58. The van der Waals surface area contributed by atoms with Gasteiger partial charge in [-0.25, -0.2) is 0 Å². The molecule has 0 saturated heterocycles. The lowest BCUT2D eigenvalue weighted by Gasteiger charge is -2.18. The van der Waals surface area contributed by atoms with Crippen LogP contribution >= 0.6 is 0 Å². The zero-order valence-electron chi connectivity index (χ0n) is 8.49. The molecule has 3 N–H and O–H groups in total. The first-order valence-electron chi connectivity index (χ1n) is 4.79. The van der Waals surface area contributed by atoms with Gasteiger partial charge in [-0.3, -0.25) is 5.10 Å². The summed E-state index contributed by atoms with van der Waals surface area (Å²) in [7, 11) is 0. The predicted octanol–water partition coefficient (Wildman–Crippen LogP) is 1.81. The highest BCUT2D eigenvalue weighted by Crippen LogP contribution is 2.24. The maximum Gasteiger partial charge on any atom is 0.0613 e. The molecule has 2 rings (SSSR count). The summed E-state index contributed by atoms with van der Waals surface area (Å²) in [6.07, 6.45) is 10.0. The summed E-state index contributed by atoms with van der Waals surface area (Å²) in [5.41, 5.74) is 7.93. The molecule has 2 atom stereocenters. The van der Waals surface area contributed by atoms with Crippen LogP contribution in [0.25, 0.3) is 6.08 Å². The Morgan fingerprint density at radius 1 is 1.50 bits per heavy atom. The second kappa shape index (κ2) is 3.10. The molecule has 1 aliphatic rings. The van der Waals surface area contributed by atoms with Gasteiger partial charge in [-0.15, -0.1) is 0 Å². The van der Waals surface area contributed by atoms with Crippen LogP contribution in [-0.4, -0.2) is 15.7 Å². The van der Waals surface area contributed by atoms with Crippen LogP contribution in [-0.2, 0) is 0 Å². The van der Waals surface area contributed by atoms with Gasteiger partial charge in [-0.1, -0.05) is 25.2 Å². The van der Waals surface area contributed by atoms with Crippen molar-refractivity contribution in [2.24, 2.45) is 5.73 Å². The van der Waals surface area contributed by atoms with Crippen LogP contribution in [0.5, 0.6) is 0 Å². The van der Waals surface area contributed by atoms with Gasteiger partial charge in [-0.05, 0) is 13.0 Å². The Balaban J connectivity index is 2.48. The van der Waals surface area contributed by atoms with Crippen molar-refractivity contribution in [1.29, 1.82) is 0 Å². The Labute approximate surface area is 83.7 Å². The van der Waals surface area contributed by atoms with E-state index in [1.807, 2.05) is 31.3 Å². The highest BCUT2D eigenvalue weighted by atomic mass is 15.1. The van der Waals surface area contributed by atoms with Gasteiger partial charge < -0.3 is 5.73 Å². The lowest BCUT2D eigenvalue weighted by atomic mass is 9.92. The minimum absolute atomic E-state index is 0.358. The van der Waals surface area contributed by atoms with Crippen molar-refractivity contribution in [1.82, 2.24) is 10.2 Å². The molecule has 14 heavy (non-hydrogen) atoms. The number of hydrogen-bond donors (Lipinski definition) is 2. The van der Waals surface area contributed by atoms with Crippen LogP contribution in [0.4, 0.5) is 0 Å². The highest BCUT2D eigenvalue weighted by Gasteiger charge is 2.16. The zero-order chi connectivity index (χ0) is 10.2. The molecule has 0 fully saturated rings. The van der Waals surface area contributed by atoms with Crippen molar-refractivity contribution >= 4 is 6.08 Å². The van der Waals surface area contributed by atoms with Gasteiger partial charge in [0.05, 0.1) is 11.9 Å². The van der Waals surface area contributed by atoms with E-state index in [2.05, 4.69) is 23.2 Å². The molecule has 0 saturated carbocycles. The standard InChI is InChI=1S/C11H15N3/c1-8-3-5-11(2,12)6-4-10-9(8)7-13-14-10/h3-8H,12H2,1-2H3,(H,13,14)/b5-3-,6-4-. The van der Waals surface area contributed by atoms with E-state index in [0.717, 1.165) is 5.69 Å². The van der Waals surface area contributed by atoms with Crippen molar-refractivity contribution in [2.45, 2.75) is 25.3 Å². The molecule has 1 aliphatic carbocycles. The number of hydrogen-bond acceptors (Lipinski definition) is 2. The molecule has 1 heterocycles. The summed E-state index contributed by atoms with van der Waals surface area (Å²) in [5.74, 6) is 0.358. The first-order valence-corrected chi connectivity index (χ1v) is 4.79. The van der Waals surface area contributed by atoms with Gasteiger partial charge in [0, 0.05) is 17.0 Å². The second-order valence-corrected chi connectivity index (χ2v) is 4.09. The number of H-pyrrole nitrogens is 1. The van der Waals surface area contributed by atoms with Gasteiger partial charge in [0.25, 0.3) is 0 Å². The average molecular weight is 189 g/mol. The predicted molar refractivity (Wildman–Crippen MR) is 57.8 cm³/mol. The molecule has 1 aromatic heterocycles. The SMILES string of the molecule is CC1/C=C\C(C)(N)/C=C\c2[nH]ncc21. The summed E-state index contributed by atoms with van der Waals surface area (Å²) in [4.78, 5) is 0. The molecule has 3 nitrogen and oxygen atoms in total. The summed E-state index contributed by atoms with van der Waals surface area (Å²) < 4.78 is 0. The molecule has 0 aromatic carbocycles. The van der Waals surface area contributed by atoms with Crippen LogP contribution in [0.15, 0.2) is 24.4 Å². The van der Waals surface area contributed by atoms with Crippen molar-refractivity contribution < 1.29 is 0 Å². The first kappa shape index (κ1) is 9.21. The molecular weight excluding hydrogens is 174 g/mol. The fourth-order valence-electron chi connectivity index (χ4n) is 1.58. The first-order chi connectivity index (χ1) is 6.58. The number of aromatic nitrogens is 2. The fraction of sp³-hybridized carbons (Fsp3) is 0.364. The molecule has 0 radical (unpaired) electrons. The van der Waals surface area contributed by atoms with E-state index in [0.29, 0.717) is 5.92 Å². The second-order valence-electron chi connectivity index (χ2n) is 4.09.